The third-order valence-electron chi connectivity index (χ3n) is 3.14. The molecule has 0 aliphatic carbocycles. The maximum Gasteiger partial charge on any atom is 0.303 e. The van der Waals surface area contributed by atoms with Crippen molar-refractivity contribution in [2.24, 2.45) is 5.41 Å². The molecule has 0 aromatic carbocycles. The average Bonchev–Trinajstić information content (AvgIpc) is 2.68. The molecule has 2 unspecified atom stereocenters. The van der Waals surface area contributed by atoms with E-state index in [0.29, 0.717) is 13.0 Å². The van der Waals surface area contributed by atoms with Gasteiger partial charge in [0.2, 0.25) is 0 Å². The Bertz CT molecular complexity index is 357. The Morgan fingerprint density at radius 3 is 3.12 bits per heavy atom. The van der Waals surface area contributed by atoms with Gasteiger partial charge in [-0.3, -0.25) is 4.79 Å². The Morgan fingerprint density at radius 1 is 1.69 bits per heavy atom. The first-order valence-corrected chi connectivity index (χ1v) is 5.46. The molecule has 2 heterocycles. The first-order chi connectivity index (χ1) is 7.59. The fourth-order valence-corrected chi connectivity index (χ4v) is 2.24. The molecule has 1 N–H and O–H groups in total. The first kappa shape index (κ1) is 11.2. The number of aliphatic carboxylic acids is 1. The number of ether oxygens (including phenoxy) is 1. The van der Waals surface area contributed by atoms with Crippen LogP contribution in [0.2, 0.25) is 0 Å². The van der Waals surface area contributed by atoms with Gasteiger partial charge in [-0.05, 0) is 30.4 Å². The van der Waals surface area contributed by atoms with Crippen molar-refractivity contribution in [2.45, 2.75) is 32.3 Å². The molecule has 1 aliphatic heterocycles. The third kappa shape index (κ3) is 2.44. The number of carboxylic acid groups (broad SMARTS) is 1. The van der Waals surface area contributed by atoms with E-state index in [0.717, 1.165) is 12.2 Å². The van der Waals surface area contributed by atoms with Crippen LogP contribution < -0.4 is 0 Å². The van der Waals surface area contributed by atoms with Gasteiger partial charge in [-0.15, -0.1) is 0 Å². The zero-order valence-electron chi connectivity index (χ0n) is 9.31. The van der Waals surface area contributed by atoms with Crippen LogP contribution in [0.5, 0.6) is 0 Å². The topological polar surface area (TPSA) is 59.7 Å². The quantitative estimate of drug-likeness (QED) is 0.857. The number of furan rings is 1. The van der Waals surface area contributed by atoms with Crippen molar-refractivity contribution in [3.8, 4) is 0 Å². The molecule has 1 aromatic rings. The molecule has 2 atom stereocenters. The molecule has 0 radical (unpaired) electrons. The lowest BCUT2D eigenvalue weighted by Gasteiger charge is -2.36. The molecule has 1 aromatic heterocycles. The predicted octanol–water partition coefficient (Wildman–Crippen LogP) is 2.61. The lowest BCUT2D eigenvalue weighted by atomic mass is 9.76. The van der Waals surface area contributed by atoms with Gasteiger partial charge in [0.1, 0.15) is 11.9 Å². The van der Waals surface area contributed by atoms with Crippen molar-refractivity contribution in [2.75, 3.05) is 6.61 Å². The molecule has 1 aliphatic rings. The van der Waals surface area contributed by atoms with Crippen molar-refractivity contribution in [3.63, 3.8) is 0 Å². The predicted molar refractivity (Wildman–Crippen MR) is 57.0 cm³/mol. The summed E-state index contributed by atoms with van der Waals surface area (Å²) in [5.41, 5.74) is -0.193. The molecule has 88 valence electrons. The van der Waals surface area contributed by atoms with Gasteiger partial charge in [-0.25, -0.2) is 0 Å². The van der Waals surface area contributed by atoms with Gasteiger partial charge in [0.25, 0.3) is 0 Å². The molecule has 0 bridgehead atoms. The van der Waals surface area contributed by atoms with Crippen molar-refractivity contribution < 1.29 is 19.1 Å². The minimum Gasteiger partial charge on any atom is -0.481 e. The van der Waals surface area contributed by atoms with Gasteiger partial charge < -0.3 is 14.3 Å². The summed E-state index contributed by atoms with van der Waals surface area (Å²) in [6.07, 6.45) is 3.19. The van der Waals surface area contributed by atoms with Gasteiger partial charge in [0.15, 0.2) is 0 Å². The van der Waals surface area contributed by atoms with Crippen LogP contribution in [0.25, 0.3) is 0 Å². The Kier molecular flexibility index (Phi) is 3.01. The fourth-order valence-electron chi connectivity index (χ4n) is 2.24. The number of carboxylic acids is 1. The zero-order chi connectivity index (χ0) is 11.6. The van der Waals surface area contributed by atoms with E-state index < -0.39 is 5.97 Å². The summed E-state index contributed by atoms with van der Waals surface area (Å²) in [5.74, 6) is 0.0407. The fraction of sp³-hybridized carbons (Fsp3) is 0.583. The number of carbonyl (C=O) groups is 1. The highest BCUT2D eigenvalue weighted by atomic mass is 16.5. The second-order valence-electron chi connectivity index (χ2n) is 4.71. The molecule has 4 nitrogen and oxygen atoms in total. The maximum atomic E-state index is 10.8. The van der Waals surface area contributed by atoms with E-state index in [1.54, 1.807) is 6.26 Å². The van der Waals surface area contributed by atoms with Crippen LogP contribution in [-0.4, -0.2) is 17.7 Å². The minimum atomic E-state index is -0.748. The van der Waals surface area contributed by atoms with Crippen LogP contribution in [0.4, 0.5) is 0 Å². The largest absolute Gasteiger partial charge is 0.481 e. The number of hydrogen-bond donors (Lipinski definition) is 1. The summed E-state index contributed by atoms with van der Waals surface area (Å²) in [6.45, 7) is 2.59. The van der Waals surface area contributed by atoms with E-state index in [9.17, 15) is 4.79 Å². The highest BCUT2D eigenvalue weighted by molar-refractivity contribution is 5.67. The molecule has 2 rings (SSSR count). The molecular weight excluding hydrogens is 208 g/mol. The van der Waals surface area contributed by atoms with Crippen LogP contribution in [0.1, 0.15) is 38.1 Å². The molecule has 1 saturated heterocycles. The summed E-state index contributed by atoms with van der Waals surface area (Å²) in [6, 6.07) is 3.69. The van der Waals surface area contributed by atoms with Gasteiger partial charge in [0.05, 0.1) is 12.7 Å². The summed E-state index contributed by atoms with van der Waals surface area (Å²) < 4.78 is 10.9. The van der Waals surface area contributed by atoms with Gasteiger partial charge in [-0.1, -0.05) is 6.92 Å². The summed E-state index contributed by atoms with van der Waals surface area (Å²) in [5, 5.41) is 8.88. The monoisotopic (exact) mass is 224 g/mol. The highest BCUT2D eigenvalue weighted by Gasteiger charge is 2.36. The van der Waals surface area contributed by atoms with Crippen LogP contribution in [0.3, 0.4) is 0 Å². The molecule has 4 heteroatoms. The summed E-state index contributed by atoms with van der Waals surface area (Å²) >= 11 is 0. The van der Waals surface area contributed by atoms with E-state index in [1.807, 2.05) is 19.1 Å². The Balaban J connectivity index is 2.06. The Hall–Kier alpha value is -1.29. The van der Waals surface area contributed by atoms with Crippen molar-refractivity contribution in [3.05, 3.63) is 24.2 Å². The molecule has 0 saturated carbocycles. The summed E-state index contributed by atoms with van der Waals surface area (Å²) in [4.78, 5) is 10.8. The standard InChI is InChI=1S/C12H16O4/c1-12(8-11(13)14)4-6-16-10(7-12)9-3-2-5-15-9/h2-3,5,10H,4,6-8H2,1H3,(H,13,14). The Labute approximate surface area is 94.2 Å². The number of hydrogen-bond acceptors (Lipinski definition) is 3. The van der Waals surface area contributed by atoms with E-state index in [1.165, 1.54) is 0 Å². The second-order valence-corrected chi connectivity index (χ2v) is 4.71. The Morgan fingerprint density at radius 2 is 2.50 bits per heavy atom. The zero-order valence-corrected chi connectivity index (χ0v) is 9.31. The SMILES string of the molecule is CC1(CC(=O)O)CCOC(c2ccco2)C1. The molecule has 16 heavy (non-hydrogen) atoms. The molecule has 0 spiro atoms. The second kappa shape index (κ2) is 4.29. The van der Waals surface area contributed by atoms with E-state index in [-0.39, 0.29) is 17.9 Å². The van der Waals surface area contributed by atoms with Crippen LogP contribution >= 0.6 is 0 Å². The minimum absolute atomic E-state index is 0.104. The summed E-state index contributed by atoms with van der Waals surface area (Å²) in [7, 11) is 0. The smallest absolute Gasteiger partial charge is 0.303 e. The van der Waals surface area contributed by atoms with Gasteiger partial charge in [-0.2, -0.15) is 0 Å². The molecule has 0 amide bonds. The van der Waals surface area contributed by atoms with Crippen molar-refractivity contribution in [1.29, 1.82) is 0 Å². The van der Waals surface area contributed by atoms with Gasteiger partial charge in [0, 0.05) is 6.61 Å². The highest BCUT2D eigenvalue weighted by Crippen LogP contribution is 2.42. The lowest BCUT2D eigenvalue weighted by Crippen LogP contribution is -2.30. The normalized spacial score (nSPS) is 30.2. The maximum absolute atomic E-state index is 10.8. The number of rotatable bonds is 3. The van der Waals surface area contributed by atoms with Crippen LogP contribution in [-0.2, 0) is 9.53 Å². The van der Waals surface area contributed by atoms with Crippen LogP contribution in [0.15, 0.2) is 22.8 Å². The van der Waals surface area contributed by atoms with Crippen molar-refractivity contribution in [1.82, 2.24) is 0 Å². The third-order valence-corrected chi connectivity index (χ3v) is 3.14. The van der Waals surface area contributed by atoms with E-state index in [4.69, 9.17) is 14.3 Å². The molecular formula is C12H16O4. The van der Waals surface area contributed by atoms with Crippen molar-refractivity contribution >= 4 is 5.97 Å². The first-order valence-electron chi connectivity index (χ1n) is 5.46. The van der Waals surface area contributed by atoms with E-state index >= 15 is 0 Å². The lowest BCUT2D eigenvalue weighted by molar-refractivity contribution is -0.142. The van der Waals surface area contributed by atoms with E-state index in [2.05, 4.69) is 0 Å². The average molecular weight is 224 g/mol. The van der Waals surface area contributed by atoms with Gasteiger partial charge >= 0.3 is 5.97 Å². The molecule has 1 fully saturated rings. The van der Waals surface area contributed by atoms with Crippen LogP contribution in [0, 0.1) is 5.41 Å².